The number of rotatable bonds is 5. The van der Waals surface area contributed by atoms with E-state index in [9.17, 15) is 0 Å². The smallest absolute Gasteiger partial charge is 0.0858 e. The molecule has 2 aromatic rings. The number of hydrogen-bond donors (Lipinski definition) is 1. The minimum Gasteiger partial charge on any atom is -0.398 e. The van der Waals surface area contributed by atoms with Crippen LogP contribution in [0.3, 0.4) is 0 Å². The highest BCUT2D eigenvalue weighted by Crippen LogP contribution is 2.30. The Labute approximate surface area is 105 Å². The molecule has 2 N–H and O–H groups in total. The second kappa shape index (κ2) is 5.89. The third-order valence-corrected chi connectivity index (χ3v) is 3.65. The maximum absolute atomic E-state index is 5.93. The van der Waals surface area contributed by atoms with Gasteiger partial charge >= 0.3 is 0 Å². The predicted octanol–water partition coefficient (Wildman–Crippen LogP) is 2.95. The van der Waals surface area contributed by atoms with Gasteiger partial charge in [-0.15, -0.1) is 11.8 Å². The Bertz CT molecular complexity index is 502. The van der Waals surface area contributed by atoms with Crippen molar-refractivity contribution in [3.63, 3.8) is 0 Å². The molecule has 0 saturated heterocycles. The van der Waals surface area contributed by atoms with Crippen LogP contribution in [-0.2, 0) is 4.74 Å². The number of nitrogens with zero attached hydrogens (tertiary/aromatic N) is 1. The average Bonchev–Trinajstić information content (AvgIpc) is 2.37. The van der Waals surface area contributed by atoms with Crippen LogP contribution >= 0.6 is 11.8 Å². The zero-order valence-electron chi connectivity index (χ0n) is 9.85. The van der Waals surface area contributed by atoms with Crippen molar-refractivity contribution in [2.45, 2.75) is 11.3 Å². The van der Waals surface area contributed by atoms with Crippen molar-refractivity contribution < 1.29 is 4.74 Å². The van der Waals surface area contributed by atoms with Crippen LogP contribution in [0.2, 0.25) is 0 Å². The molecule has 0 fully saturated rings. The van der Waals surface area contributed by atoms with E-state index in [-0.39, 0.29) is 0 Å². The Morgan fingerprint density at radius 3 is 3.06 bits per heavy atom. The molecule has 0 atom stereocenters. The minimum absolute atomic E-state index is 0.786. The number of hydrogen-bond acceptors (Lipinski definition) is 4. The highest BCUT2D eigenvalue weighted by atomic mass is 32.2. The molecule has 1 aromatic carbocycles. The molecule has 1 aromatic heterocycles. The molecule has 2 rings (SSSR count). The molecule has 0 saturated carbocycles. The highest BCUT2D eigenvalue weighted by molar-refractivity contribution is 7.99. The van der Waals surface area contributed by atoms with Gasteiger partial charge in [0.2, 0.25) is 0 Å². The molecule has 0 amide bonds. The first-order chi connectivity index (χ1) is 8.33. The number of ether oxygens (including phenoxy) is 1. The number of nitrogen functional groups attached to an aromatic ring is 1. The lowest BCUT2D eigenvalue weighted by Crippen LogP contribution is -1.93. The fourth-order valence-electron chi connectivity index (χ4n) is 1.67. The summed E-state index contributed by atoms with van der Waals surface area (Å²) in [4.78, 5) is 5.59. The van der Waals surface area contributed by atoms with E-state index in [1.165, 1.54) is 4.90 Å². The molecule has 90 valence electrons. The number of aromatic nitrogens is 1. The summed E-state index contributed by atoms with van der Waals surface area (Å²) in [6, 6.07) is 7.92. The predicted molar refractivity (Wildman–Crippen MR) is 73.4 cm³/mol. The average molecular weight is 248 g/mol. The quantitative estimate of drug-likeness (QED) is 0.502. The summed E-state index contributed by atoms with van der Waals surface area (Å²) < 4.78 is 5.04. The van der Waals surface area contributed by atoms with E-state index < -0.39 is 0 Å². The fraction of sp³-hybridized carbons (Fsp3) is 0.308. The maximum Gasteiger partial charge on any atom is 0.0858 e. The van der Waals surface area contributed by atoms with Crippen LogP contribution in [0.5, 0.6) is 0 Å². The van der Waals surface area contributed by atoms with E-state index >= 15 is 0 Å². The zero-order chi connectivity index (χ0) is 12.1. The third-order valence-electron chi connectivity index (χ3n) is 2.52. The molecule has 0 aliphatic heterocycles. The minimum atomic E-state index is 0.786. The van der Waals surface area contributed by atoms with Gasteiger partial charge in [0.25, 0.3) is 0 Å². The Kier molecular flexibility index (Phi) is 4.23. The third kappa shape index (κ3) is 2.90. The molecule has 4 heteroatoms. The largest absolute Gasteiger partial charge is 0.398 e. The summed E-state index contributed by atoms with van der Waals surface area (Å²) in [5, 5.41) is 1.03. The first-order valence-corrected chi connectivity index (χ1v) is 6.56. The van der Waals surface area contributed by atoms with E-state index in [0.29, 0.717) is 0 Å². The van der Waals surface area contributed by atoms with Crippen molar-refractivity contribution in [1.82, 2.24) is 4.98 Å². The molecule has 3 nitrogen and oxygen atoms in total. The zero-order valence-corrected chi connectivity index (χ0v) is 10.7. The van der Waals surface area contributed by atoms with Gasteiger partial charge in [0, 0.05) is 41.6 Å². The van der Waals surface area contributed by atoms with Gasteiger partial charge in [-0.3, -0.25) is 4.98 Å². The lowest BCUT2D eigenvalue weighted by atomic mass is 10.2. The topological polar surface area (TPSA) is 48.1 Å². The second-order valence-corrected chi connectivity index (χ2v) is 4.88. The molecular formula is C13H16N2OS. The maximum atomic E-state index is 5.93. The van der Waals surface area contributed by atoms with Crippen molar-refractivity contribution in [3.8, 4) is 0 Å². The van der Waals surface area contributed by atoms with Crippen LogP contribution in [0.1, 0.15) is 6.42 Å². The summed E-state index contributed by atoms with van der Waals surface area (Å²) in [6.07, 6.45) is 2.85. The number of thioether (sulfide) groups is 1. The van der Waals surface area contributed by atoms with Crippen LogP contribution in [-0.4, -0.2) is 24.5 Å². The van der Waals surface area contributed by atoms with Crippen molar-refractivity contribution in [2.75, 3.05) is 25.2 Å². The Morgan fingerprint density at radius 2 is 2.24 bits per heavy atom. The number of fused-ring (bicyclic) bond motifs is 1. The van der Waals surface area contributed by atoms with E-state index in [2.05, 4.69) is 4.98 Å². The van der Waals surface area contributed by atoms with Gasteiger partial charge in [-0.2, -0.15) is 0 Å². The normalized spacial score (nSPS) is 10.9. The molecule has 1 heterocycles. The summed E-state index contributed by atoms with van der Waals surface area (Å²) in [6.45, 7) is 0.799. The number of benzene rings is 1. The standard InChI is InChI=1S/C13H16N2OS/c1-16-8-3-9-17-12-6-5-11(14)10-4-2-7-15-13(10)12/h2,4-7H,3,8-9,14H2,1H3. The number of methoxy groups -OCH3 is 1. The van der Waals surface area contributed by atoms with Crippen molar-refractivity contribution in [2.24, 2.45) is 0 Å². The summed E-state index contributed by atoms with van der Waals surface area (Å²) in [7, 11) is 1.73. The van der Waals surface area contributed by atoms with Crippen molar-refractivity contribution >= 4 is 28.4 Å². The lowest BCUT2D eigenvalue weighted by molar-refractivity contribution is 0.200. The van der Waals surface area contributed by atoms with E-state index in [1.54, 1.807) is 25.1 Å². The summed E-state index contributed by atoms with van der Waals surface area (Å²) in [5.74, 6) is 1.03. The molecule has 0 aliphatic carbocycles. The fourth-order valence-corrected chi connectivity index (χ4v) is 2.62. The van der Waals surface area contributed by atoms with Crippen LogP contribution in [0.4, 0.5) is 5.69 Å². The van der Waals surface area contributed by atoms with Crippen LogP contribution in [0.25, 0.3) is 10.9 Å². The van der Waals surface area contributed by atoms with Gasteiger partial charge < -0.3 is 10.5 Å². The van der Waals surface area contributed by atoms with Crippen molar-refractivity contribution in [1.29, 1.82) is 0 Å². The van der Waals surface area contributed by atoms with Gasteiger partial charge in [0.05, 0.1) is 5.52 Å². The Balaban J connectivity index is 2.20. The first-order valence-electron chi connectivity index (χ1n) is 5.58. The summed E-state index contributed by atoms with van der Waals surface area (Å²) >= 11 is 1.80. The number of pyridine rings is 1. The van der Waals surface area contributed by atoms with Gasteiger partial charge in [-0.1, -0.05) is 0 Å². The summed E-state index contributed by atoms with van der Waals surface area (Å²) in [5.41, 5.74) is 7.71. The van der Waals surface area contributed by atoms with Gasteiger partial charge in [-0.05, 0) is 30.7 Å². The first kappa shape index (κ1) is 12.2. The molecule has 0 spiro atoms. The monoisotopic (exact) mass is 248 g/mol. The van der Waals surface area contributed by atoms with Crippen molar-refractivity contribution in [3.05, 3.63) is 30.5 Å². The molecule has 0 aliphatic rings. The van der Waals surface area contributed by atoms with E-state index in [0.717, 1.165) is 35.4 Å². The van der Waals surface area contributed by atoms with Gasteiger partial charge in [0.15, 0.2) is 0 Å². The highest BCUT2D eigenvalue weighted by Gasteiger charge is 2.05. The molecule has 0 radical (unpaired) electrons. The van der Waals surface area contributed by atoms with Gasteiger partial charge in [0.1, 0.15) is 0 Å². The van der Waals surface area contributed by atoms with E-state index in [4.69, 9.17) is 10.5 Å². The molecular weight excluding hydrogens is 232 g/mol. The lowest BCUT2D eigenvalue weighted by Gasteiger charge is -2.07. The Hall–Kier alpha value is -1.26. The SMILES string of the molecule is COCCCSc1ccc(N)c2cccnc12. The Morgan fingerprint density at radius 1 is 1.35 bits per heavy atom. The molecule has 17 heavy (non-hydrogen) atoms. The number of anilines is 1. The molecule has 0 unspecified atom stereocenters. The second-order valence-electron chi connectivity index (χ2n) is 3.75. The van der Waals surface area contributed by atoms with E-state index in [1.807, 2.05) is 24.3 Å². The van der Waals surface area contributed by atoms with Crippen LogP contribution < -0.4 is 5.73 Å². The number of nitrogens with two attached hydrogens (primary N) is 1. The van der Waals surface area contributed by atoms with Gasteiger partial charge in [-0.25, -0.2) is 0 Å². The van der Waals surface area contributed by atoms with Crippen LogP contribution in [0, 0.1) is 0 Å². The van der Waals surface area contributed by atoms with Crippen LogP contribution in [0.15, 0.2) is 35.4 Å². The molecule has 0 bridgehead atoms.